The molecule has 2 aromatic carbocycles. The first-order valence-corrected chi connectivity index (χ1v) is 11.5. The Kier molecular flexibility index (Phi) is 6.71. The molecular weight excluding hydrogens is 449 g/mol. The van der Waals surface area contributed by atoms with Crippen molar-refractivity contribution < 1.29 is 33.0 Å². The Labute approximate surface area is 195 Å². The van der Waals surface area contributed by atoms with Crippen LogP contribution in [0.2, 0.25) is 0 Å². The molecule has 4 rings (SSSR count). The molecule has 2 aliphatic heterocycles. The lowest BCUT2D eigenvalue weighted by molar-refractivity contribution is -0.167. The second-order valence-corrected chi connectivity index (χ2v) is 9.59. The molecule has 0 radical (unpaired) electrons. The maximum Gasteiger partial charge on any atom is 0.344 e. The van der Waals surface area contributed by atoms with Gasteiger partial charge in [-0.2, -0.15) is 0 Å². The minimum absolute atomic E-state index is 0.0685. The van der Waals surface area contributed by atoms with E-state index in [1.807, 2.05) is 6.92 Å². The highest BCUT2D eigenvalue weighted by Crippen LogP contribution is 2.42. The lowest BCUT2D eigenvalue weighted by atomic mass is 9.90. The van der Waals surface area contributed by atoms with Crippen LogP contribution in [0.4, 0.5) is 10.1 Å². The van der Waals surface area contributed by atoms with Gasteiger partial charge < -0.3 is 14.2 Å². The molecule has 1 atom stereocenters. The zero-order valence-corrected chi connectivity index (χ0v) is 19.2. The van der Waals surface area contributed by atoms with Gasteiger partial charge in [0, 0.05) is 11.1 Å². The molecule has 0 N–H and O–H groups in total. The van der Waals surface area contributed by atoms with Crippen LogP contribution in [0.5, 0.6) is 0 Å². The summed E-state index contributed by atoms with van der Waals surface area (Å²) in [5, 5.41) is -0.285. The van der Waals surface area contributed by atoms with Crippen molar-refractivity contribution >= 4 is 35.3 Å². The smallest absolute Gasteiger partial charge is 0.344 e. The van der Waals surface area contributed by atoms with Crippen molar-refractivity contribution in [3.05, 3.63) is 65.0 Å². The molecule has 2 aliphatic rings. The Balaban J connectivity index is 1.40. The van der Waals surface area contributed by atoms with Crippen LogP contribution in [0.1, 0.15) is 33.8 Å². The molecule has 0 saturated carbocycles. The second kappa shape index (κ2) is 9.52. The van der Waals surface area contributed by atoms with E-state index < -0.39 is 18.5 Å². The molecular formula is C24H24FNO6S. The zero-order valence-electron chi connectivity index (χ0n) is 18.3. The summed E-state index contributed by atoms with van der Waals surface area (Å²) in [6.07, 6.45) is 0. The van der Waals surface area contributed by atoms with Crippen LogP contribution < -0.4 is 4.90 Å². The fourth-order valence-electron chi connectivity index (χ4n) is 3.65. The van der Waals surface area contributed by atoms with E-state index in [0.29, 0.717) is 30.2 Å². The number of aryl methyl sites for hydroxylation is 1. The number of thioether (sulfide) groups is 1. The fraction of sp³-hybridized carbons (Fsp3) is 0.375. The third kappa shape index (κ3) is 5.20. The molecule has 2 fully saturated rings. The van der Waals surface area contributed by atoms with E-state index in [2.05, 4.69) is 0 Å². The van der Waals surface area contributed by atoms with Crippen LogP contribution in [0.15, 0.2) is 42.5 Å². The Morgan fingerprint density at radius 1 is 1.18 bits per heavy atom. The van der Waals surface area contributed by atoms with E-state index in [-0.39, 0.29) is 34.7 Å². The molecule has 1 unspecified atom stereocenters. The van der Waals surface area contributed by atoms with Gasteiger partial charge in [-0.05, 0) is 48.4 Å². The van der Waals surface area contributed by atoms with Gasteiger partial charge in [0.15, 0.2) is 6.61 Å². The third-order valence-corrected chi connectivity index (χ3v) is 6.73. The molecule has 2 aromatic rings. The van der Waals surface area contributed by atoms with E-state index in [1.54, 1.807) is 42.2 Å². The summed E-state index contributed by atoms with van der Waals surface area (Å²) in [7, 11) is 0. The van der Waals surface area contributed by atoms with Crippen molar-refractivity contribution in [2.45, 2.75) is 19.2 Å². The van der Waals surface area contributed by atoms with Gasteiger partial charge >= 0.3 is 11.9 Å². The monoisotopic (exact) mass is 473 g/mol. The van der Waals surface area contributed by atoms with E-state index in [0.717, 1.165) is 5.56 Å². The van der Waals surface area contributed by atoms with Crippen LogP contribution in [0.3, 0.4) is 0 Å². The quantitative estimate of drug-likeness (QED) is 0.568. The van der Waals surface area contributed by atoms with Crippen molar-refractivity contribution in [3.8, 4) is 0 Å². The first kappa shape index (κ1) is 23.3. The molecule has 0 bridgehead atoms. The standard InChI is InChI=1S/C24H24FNO6S/c1-15-9-17(23(29)31-10-21(28)32-14-24(2)12-30-13-24)5-8-19(15)26-20(27)11-33-22(26)16-3-6-18(25)7-4-16/h3-9,22H,10-14H2,1-2H3. The van der Waals surface area contributed by atoms with E-state index >= 15 is 0 Å². The number of carbonyl (C=O) groups is 3. The van der Waals surface area contributed by atoms with Crippen molar-refractivity contribution in [1.29, 1.82) is 0 Å². The maximum absolute atomic E-state index is 13.3. The van der Waals surface area contributed by atoms with Gasteiger partial charge in [-0.15, -0.1) is 11.8 Å². The van der Waals surface area contributed by atoms with E-state index in [1.165, 1.54) is 23.9 Å². The van der Waals surface area contributed by atoms with Crippen LogP contribution >= 0.6 is 11.8 Å². The molecule has 1 amide bonds. The van der Waals surface area contributed by atoms with E-state index in [9.17, 15) is 18.8 Å². The van der Waals surface area contributed by atoms with Crippen LogP contribution in [0, 0.1) is 18.2 Å². The first-order chi connectivity index (χ1) is 15.8. The van der Waals surface area contributed by atoms with Crippen LogP contribution in [-0.2, 0) is 23.8 Å². The van der Waals surface area contributed by atoms with Gasteiger partial charge in [0.1, 0.15) is 17.8 Å². The lowest BCUT2D eigenvalue weighted by Gasteiger charge is -2.37. The number of anilines is 1. The number of benzene rings is 2. The van der Waals surface area contributed by atoms with Crippen molar-refractivity contribution in [1.82, 2.24) is 0 Å². The maximum atomic E-state index is 13.3. The largest absolute Gasteiger partial charge is 0.462 e. The zero-order chi connectivity index (χ0) is 23.6. The summed E-state index contributed by atoms with van der Waals surface area (Å²) in [6, 6.07) is 10.9. The van der Waals surface area contributed by atoms with Crippen molar-refractivity contribution in [2.24, 2.45) is 5.41 Å². The number of amides is 1. The topological polar surface area (TPSA) is 82.1 Å². The Hall–Kier alpha value is -2.91. The Bertz CT molecular complexity index is 1070. The van der Waals surface area contributed by atoms with Crippen LogP contribution in [-0.4, -0.2) is 50.0 Å². The van der Waals surface area contributed by atoms with Gasteiger partial charge in [0.25, 0.3) is 0 Å². The molecule has 9 heteroatoms. The molecule has 7 nitrogen and oxygen atoms in total. The molecule has 2 heterocycles. The lowest BCUT2D eigenvalue weighted by Crippen LogP contribution is -2.44. The number of hydrogen-bond acceptors (Lipinski definition) is 7. The van der Waals surface area contributed by atoms with Crippen molar-refractivity contribution in [2.75, 3.05) is 37.1 Å². The minimum Gasteiger partial charge on any atom is -0.462 e. The number of esters is 2. The first-order valence-electron chi connectivity index (χ1n) is 10.5. The summed E-state index contributed by atoms with van der Waals surface area (Å²) in [4.78, 5) is 38.6. The van der Waals surface area contributed by atoms with E-state index in [4.69, 9.17) is 14.2 Å². The fourth-order valence-corrected chi connectivity index (χ4v) is 4.82. The molecule has 2 saturated heterocycles. The minimum atomic E-state index is -0.656. The summed E-state index contributed by atoms with van der Waals surface area (Å²) < 4.78 is 28.7. The predicted molar refractivity (Wildman–Crippen MR) is 120 cm³/mol. The van der Waals surface area contributed by atoms with Crippen molar-refractivity contribution in [3.63, 3.8) is 0 Å². The third-order valence-electron chi connectivity index (χ3n) is 5.52. The number of nitrogens with zero attached hydrogens (tertiary/aromatic N) is 1. The SMILES string of the molecule is Cc1cc(C(=O)OCC(=O)OCC2(C)COC2)ccc1N1C(=O)CSC1c1ccc(F)cc1. The molecule has 0 aromatic heterocycles. The number of ether oxygens (including phenoxy) is 3. The Morgan fingerprint density at radius 2 is 1.91 bits per heavy atom. The second-order valence-electron chi connectivity index (χ2n) is 8.52. The molecule has 174 valence electrons. The summed E-state index contributed by atoms with van der Waals surface area (Å²) in [5.74, 6) is -1.38. The van der Waals surface area contributed by atoms with Crippen LogP contribution in [0.25, 0.3) is 0 Å². The molecule has 33 heavy (non-hydrogen) atoms. The normalized spacial score (nSPS) is 19.2. The predicted octanol–water partition coefficient (Wildman–Crippen LogP) is 3.65. The average molecular weight is 474 g/mol. The average Bonchev–Trinajstić information content (AvgIpc) is 3.16. The van der Waals surface area contributed by atoms with Gasteiger partial charge in [-0.1, -0.05) is 19.1 Å². The number of rotatable bonds is 7. The summed E-state index contributed by atoms with van der Waals surface area (Å²) >= 11 is 1.46. The van der Waals surface area contributed by atoms with Gasteiger partial charge in [0.2, 0.25) is 5.91 Å². The summed E-state index contributed by atoms with van der Waals surface area (Å²) in [6.45, 7) is 4.54. The van der Waals surface area contributed by atoms with Gasteiger partial charge in [-0.25, -0.2) is 14.0 Å². The molecule has 0 spiro atoms. The number of halogens is 1. The van der Waals surface area contributed by atoms with Gasteiger partial charge in [-0.3, -0.25) is 9.69 Å². The van der Waals surface area contributed by atoms with Gasteiger partial charge in [0.05, 0.1) is 24.5 Å². The highest BCUT2D eigenvalue weighted by Gasteiger charge is 2.36. The molecule has 0 aliphatic carbocycles. The highest BCUT2D eigenvalue weighted by atomic mass is 32.2. The highest BCUT2D eigenvalue weighted by molar-refractivity contribution is 8.00. The Morgan fingerprint density at radius 3 is 2.55 bits per heavy atom. The number of hydrogen-bond donors (Lipinski definition) is 0. The summed E-state index contributed by atoms with van der Waals surface area (Å²) in [5.41, 5.74) is 2.26. The number of carbonyl (C=O) groups excluding carboxylic acids is 3.